The monoisotopic (exact) mass is 264 g/mol. The molecule has 4 heteroatoms. The highest BCUT2D eigenvalue weighted by Gasteiger charge is 2.12. The maximum atomic E-state index is 11.9. The Morgan fingerprint density at radius 2 is 2.33 bits per heavy atom. The van der Waals surface area contributed by atoms with Gasteiger partial charge in [-0.2, -0.15) is 11.8 Å². The van der Waals surface area contributed by atoms with Gasteiger partial charge in [-0.15, -0.1) is 0 Å². The normalized spacial score (nSPS) is 12.9. The van der Waals surface area contributed by atoms with Gasteiger partial charge in [-0.25, -0.2) is 0 Å². The van der Waals surface area contributed by atoms with E-state index >= 15 is 0 Å². The minimum atomic E-state index is 0.0499. The van der Waals surface area contributed by atoms with Gasteiger partial charge in [0.25, 0.3) is 5.91 Å². The van der Waals surface area contributed by atoms with Crippen LogP contribution in [0.15, 0.2) is 18.2 Å². The van der Waals surface area contributed by atoms with E-state index in [4.69, 9.17) is 0 Å². The molecule has 0 radical (unpaired) electrons. The van der Waals surface area contributed by atoms with E-state index in [1.54, 1.807) is 0 Å². The second-order valence-corrected chi connectivity index (χ2v) is 5.49. The molecular weight excluding hydrogens is 244 g/mol. The number of amides is 1. The van der Waals surface area contributed by atoms with E-state index in [0.717, 1.165) is 37.9 Å². The maximum absolute atomic E-state index is 11.9. The van der Waals surface area contributed by atoms with E-state index in [2.05, 4.69) is 16.9 Å². The molecule has 1 aliphatic rings. The summed E-state index contributed by atoms with van der Waals surface area (Å²) in [6.45, 7) is 1.75. The number of rotatable bonds is 6. The van der Waals surface area contributed by atoms with Crippen LogP contribution in [0.5, 0.6) is 0 Å². The van der Waals surface area contributed by atoms with Crippen molar-refractivity contribution in [2.75, 3.05) is 30.4 Å². The third-order valence-corrected chi connectivity index (χ3v) is 3.83. The lowest BCUT2D eigenvalue weighted by molar-refractivity contribution is 0.0953. The summed E-state index contributed by atoms with van der Waals surface area (Å²) in [6.07, 6.45) is 5.34. The van der Waals surface area contributed by atoms with E-state index in [0.29, 0.717) is 0 Å². The zero-order chi connectivity index (χ0) is 12.8. The van der Waals surface area contributed by atoms with Crippen LogP contribution in [0.1, 0.15) is 28.8 Å². The molecule has 2 rings (SSSR count). The Labute approximate surface area is 113 Å². The number of hydrogen-bond donors (Lipinski definition) is 2. The van der Waals surface area contributed by atoms with Crippen LogP contribution >= 0.6 is 11.8 Å². The first-order valence-corrected chi connectivity index (χ1v) is 7.84. The van der Waals surface area contributed by atoms with Gasteiger partial charge in [-0.3, -0.25) is 4.79 Å². The summed E-state index contributed by atoms with van der Waals surface area (Å²) < 4.78 is 0. The van der Waals surface area contributed by atoms with Gasteiger partial charge in [-0.1, -0.05) is 0 Å². The fraction of sp³-hybridized carbons (Fsp3) is 0.500. The van der Waals surface area contributed by atoms with Crippen LogP contribution in [-0.4, -0.2) is 31.0 Å². The van der Waals surface area contributed by atoms with Crippen molar-refractivity contribution in [1.82, 2.24) is 5.32 Å². The highest BCUT2D eigenvalue weighted by atomic mass is 32.2. The summed E-state index contributed by atoms with van der Waals surface area (Å²) in [7, 11) is 0. The number of hydrogen-bond acceptors (Lipinski definition) is 3. The first-order valence-electron chi connectivity index (χ1n) is 6.45. The van der Waals surface area contributed by atoms with Crippen molar-refractivity contribution in [3.63, 3.8) is 0 Å². The number of thioether (sulfide) groups is 1. The SMILES string of the molecule is CSCCCCNC(=O)c1ccc2c(c1)CCN2. The van der Waals surface area contributed by atoms with Crippen molar-refractivity contribution in [2.45, 2.75) is 19.3 Å². The Morgan fingerprint density at radius 1 is 1.44 bits per heavy atom. The van der Waals surface area contributed by atoms with Gasteiger partial charge in [0.2, 0.25) is 0 Å². The highest BCUT2D eigenvalue weighted by Crippen LogP contribution is 2.22. The lowest BCUT2D eigenvalue weighted by Gasteiger charge is -2.06. The van der Waals surface area contributed by atoms with Crippen LogP contribution in [0.4, 0.5) is 5.69 Å². The van der Waals surface area contributed by atoms with Crippen molar-refractivity contribution in [1.29, 1.82) is 0 Å². The number of carbonyl (C=O) groups is 1. The van der Waals surface area contributed by atoms with Crippen LogP contribution in [0, 0.1) is 0 Å². The molecule has 0 spiro atoms. The second kappa shape index (κ2) is 6.69. The third kappa shape index (κ3) is 3.42. The summed E-state index contributed by atoms with van der Waals surface area (Å²) in [5, 5.41) is 6.28. The number of anilines is 1. The van der Waals surface area contributed by atoms with Crippen molar-refractivity contribution >= 4 is 23.4 Å². The average molecular weight is 264 g/mol. The van der Waals surface area contributed by atoms with Gasteiger partial charge < -0.3 is 10.6 Å². The van der Waals surface area contributed by atoms with Gasteiger partial charge in [-0.05, 0) is 55.0 Å². The third-order valence-electron chi connectivity index (χ3n) is 3.14. The standard InChI is InChI=1S/C14H20N2OS/c1-18-9-3-2-7-16-14(17)12-4-5-13-11(10-12)6-8-15-13/h4-5,10,15H,2-3,6-9H2,1H3,(H,16,17). The lowest BCUT2D eigenvalue weighted by Crippen LogP contribution is -2.24. The molecule has 0 aliphatic carbocycles. The predicted octanol–water partition coefficient (Wildman–Crippen LogP) is 2.53. The maximum Gasteiger partial charge on any atom is 0.251 e. The molecule has 0 saturated carbocycles. The molecule has 1 aromatic carbocycles. The van der Waals surface area contributed by atoms with Gasteiger partial charge in [0.05, 0.1) is 0 Å². The van der Waals surface area contributed by atoms with Gasteiger partial charge in [0.1, 0.15) is 0 Å². The Balaban J connectivity index is 1.82. The average Bonchev–Trinajstić information content (AvgIpc) is 2.85. The van der Waals surface area contributed by atoms with Crippen molar-refractivity contribution in [3.8, 4) is 0 Å². The van der Waals surface area contributed by atoms with Crippen molar-refractivity contribution in [2.24, 2.45) is 0 Å². The van der Waals surface area contributed by atoms with Crippen molar-refractivity contribution in [3.05, 3.63) is 29.3 Å². The molecule has 1 amide bonds. The quantitative estimate of drug-likeness (QED) is 0.776. The number of carbonyl (C=O) groups excluding carboxylic acids is 1. The predicted molar refractivity (Wildman–Crippen MR) is 78.6 cm³/mol. The molecule has 0 aromatic heterocycles. The minimum absolute atomic E-state index is 0.0499. The Kier molecular flexibility index (Phi) is 4.93. The topological polar surface area (TPSA) is 41.1 Å². The molecule has 1 aromatic rings. The summed E-state index contributed by atoms with van der Waals surface area (Å²) >= 11 is 1.85. The summed E-state index contributed by atoms with van der Waals surface area (Å²) in [6, 6.07) is 5.91. The van der Waals surface area contributed by atoms with Crippen LogP contribution in [0.2, 0.25) is 0 Å². The number of benzene rings is 1. The van der Waals surface area contributed by atoms with Gasteiger partial charge >= 0.3 is 0 Å². The molecule has 18 heavy (non-hydrogen) atoms. The fourth-order valence-corrected chi connectivity index (χ4v) is 2.61. The van der Waals surface area contributed by atoms with E-state index < -0.39 is 0 Å². The molecule has 98 valence electrons. The minimum Gasteiger partial charge on any atom is -0.384 e. The molecule has 2 N–H and O–H groups in total. The molecule has 0 fully saturated rings. The van der Waals surface area contributed by atoms with Crippen LogP contribution in [0.25, 0.3) is 0 Å². The Morgan fingerprint density at radius 3 is 3.17 bits per heavy atom. The smallest absolute Gasteiger partial charge is 0.251 e. The fourth-order valence-electron chi connectivity index (χ4n) is 2.12. The summed E-state index contributed by atoms with van der Waals surface area (Å²) in [4.78, 5) is 11.9. The molecule has 0 bridgehead atoms. The molecule has 0 saturated heterocycles. The first-order chi connectivity index (χ1) is 8.81. The zero-order valence-electron chi connectivity index (χ0n) is 10.8. The lowest BCUT2D eigenvalue weighted by atomic mass is 10.1. The molecule has 0 atom stereocenters. The van der Waals surface area contributed by atoms with Gasteiger partial charge in [0, 0.05) is 24.3 Å². The molecule has 1 heterocycles. The first kappa shape index (κ1) is 13.3. The molecule has 3 nitrogen and oxygen atoms in total. The summed E-state index contributed by atoms with van der Waals surface area (Å²) in [5.41, 5.74) is 3.21. The largest absolute Gasteiger partial charge is 0.384 e. The van der Waals surface area contributed by atoms with E-state index in [1.165, 1.54) is 17.0 Å². The van der Waals surface area contributed by atoms with Gasteiger partial charge in [0.15, 0.2) is 0 Å². The van der Waals surface area contributed by atoms with Crippen LogP contribution < -0.4 is 10.6 Å². The summed E-state index contributed by atoms with van der Waals surface area (Å²) in [5.74, 6) is 1.22. The molecule has 0 unspecified atom stereocenters. The zero-order valence-corrected chi connectivity index (χ0v) is 11.6. The number of nitrogens with one attached hydrogen (secondary N) is 2. The number of unbranched alkanes of at least 4 members (excludes halogenated alkanes) is 1. The Bertz CT molecular complexity index is 420. The molecule has 1 aliphatic heterocycles. The Hall–Kier alpha value is -1.16. The van der Waals surface area contributed by atoms with E-state index in [1.807, 2.05) is 30.0 Å². The highest BCUT2D eigenvalue weighted by molar-refractivity contribution is 7.98. The second-order valence-electron chi connectivity index (χ2n) is 4.50. The molecular formula is C14H20N2OS. The van der Waals surface area contributed by atoms with E-state index in [9.17, 15) is 4.79 Å². The van der Waals surface area contributed by atoms with E-state index in [-0.39, 0.29) is 5.91 Å². The van der Waals surface area contributed by atoms with Crippen LogP contribution in [0.3, 0.4) is 0 Å². The van der Waals surface area contributed by atoms with Crippen LogP contribution in [-0.2, 0) is 6.42 Å². The van der Waals surface area contributed by atoms with Crippen molar-refractivity contribution < 1.29 is 4.79 Å². The number of fused-ring (bicyclic) bond motifs is 1.